The molecule has 1 aromatic heterocycles. The summed E-state index contributed by atoms with van der Waals surface area (Å²) in [5, 5.41) is 18.1. The summed E-state index contributed by atoms with van der Waals surface area (Å²) in [4.78, 5) is 23.0. The van der Waals surface area contributed by atoms with Crippen molar-refractivity contribution in [3.05, 3.63) is 81.7 Å². The summed E-state index contributed by atoms with van der Waals surface area (Å²) in [7, 11) is 0. The van der Waals surface area contributed by atoms with E-state index in [-0.39, 0.29) is 24.2 Å². The van der Waals surface area contributed by atoms with Gasteiger partial charge in [0.05, 0.1) is 11.0 Å². The van der Waals surface area contributed by atoms with Gasteiger partial charge in [0.15, 0.2) is 0 Å². The number of aromatic nitrogens is 2. The highest BCUT2D eigenvalue weighted by Gasteiger charge is 2.23. The largest absolute Gasteiger partial charge is 0.348 e. The number of rotatable bonds is 6. The number of nitro groups is 1. The number of amides is 1. The van der Waals surface area contributed by atoms with Gasteiger partial charge in [0.25, 0.3) is 0 Å². The van der Waals surface area contributed by atoms with Crippen LogP contribution in [0, 0.1) is 24.0 Å². The molecule has 1 amide bonds. The Morgan fingerprint density at radius 3 is 2.29 bits per heavy atom. The zero-order chi connectivity index (χ0) is 20.3. The average molecular weight is 378 g/mol. The molecule has 1 N–H and O–H groups in total. The molecule has 0 aliphatic carbocycles. The van der Waals surface area contributed by atoms with Gasteiger partial charge < -0.3 is 5.32 Å². The van der Waals surface area contributed by atoms with Crippen LogP contribution in [0.1, 0.15) is 29.9 Å². The molecule has 0 aliphatic rings. The van der Waals surface area contributed by atoms with E-state index in [1.165, 1.54) is 4.68 Å². The molecule has 0 radical (unpaired) electrons. The maximum absolute atomic E-state index is 12.4. The van der Waals surface area contributed by atoms with Gasteiger partial charge >= 0.3 is 5.69 Å². The highest BCUT2D eigenvalue weighted by molar-refractivity contribution is 5.76. The fourth-order valence-corrected chi connectivity index (χ4v) is 3.21. The van der Waals surface area contributed by atoms with Crippen LogP contribution in [0.4, 0.5) is 5.69 Å². The second kappa shape index (κ2) is 8.04. The standard InChI is InChI=1S/C21H22N4O3/c1-14(17-9-11-19(12-10-17)18-7-5-4-6-8-18)22-20(26)13-24-16(3)21(25(27)28)15(2)23-24/h4-12,14H,13H2,1-3H3,(H,22,26)/t14-/m0/s1. The van der Waals surface area contributed by atoms with E-state index in [4.69, 9.17) is 0 Å². The number of benzene rings is 2. The van der Waals surface area contributed by atoms with Crippen molar-refractivity contribution < 1.29 is 9.72 Å². The maximum Gasteiger partial charge on any atom is 0.312 e. The van der Waals surface area contributed by atoms with Gasteiger partial charge in [-0.1, -0.05) is 54.6 Å². The Bertz CT molecular complexity index is 994. The summed E-state index contributed by atoms with van der Waals surface area (Å²) in [5.41, 5.74) is 3.86. The SMILES string of the molecule is Cc1nn(CC(=O)N[C@@H](C)c2ccc(-c3ccccc3)cc2)c(C)c1[N+](=O)[O-]. The van der Waals surface area contributed by atoms with Gasteiger partial charge in [-0.05, 0) is 37.5 Å². The average Bonchev–Trinajstić information content (AvgIpc) is 2.95. The fraction of sp³-hybridized carbons (Fsp3) is 0.238. The highest BCUT2D eigenvalue weighted by Crippen LogP contribution is 2.23. The van der Waals surface area contributed by atoms with Crippen molar-refractivity contribution in [1.82, 2.24) is 15.1 Å². The molecule has 1 atom stereocenters. The number of carbonyl (C=O) groups excluding carboxylic acids is 1. The third-order valence-corrected chi connectivity index (χ3v) is 4.71. The lowest BCUT2D eigenvalue weighted by Gasteiger charge is -2.15. The van der Waals surface area contributed by atoms with Crippen LogP contribution in [0.5, 0.6) is 0 Å². The van der Waals surface area contributed by atoms with Gasteiger partial charge in [0.2, 0.25) is 5.91 Å². The number of hydrogen-bond donors (Lipinski definition) is 1. The third kappa shape index (κ3) is 4.09. The Balaban J connectivity index is 1.66. The monoisotopic (exact) mass is 378 g/mol. The molecular weight excluding hydrogens is 356 g/mol. The molecule has 0 unspecified atom stereocenters. The Morgan fingerprint density at radius 1 is 1.11 bits per heavy atom. The minimum absolute atomic E-state index is 0.0441. The summed E-state index contributed by atoms with van der Waals surface area (Å²) in [6, 6.07) is 17.9. The predicted octanol–water partition coefficient (Wildman–Crippen LogP) is 3.95. The first-order valence-electron chi connectivity index (χ1n) is 9.00. The third-order valence-electron chi connectivity index (χ3n) is 4.71. The summed E-state index contributed by atoms with van der Waals surface area (Å²) in [6.45, 7) is 5.00. The normalized spacial score (nSPS) is 11.8. The molecular formula is C21H22N4O3. The summed E-state index contributed by atoms with van der Waals surface area (Å²) < 4.78 is 1.37. The molecule has 0 spiro atoms. The van der Waals surface area contributed by atoms with Gasteiger partial charge in [0, 0.05) is 0 Å². The van der Waals surface area contributed by atoms with Crippen molar-refractivity contribution in [3.8, 4) is 11.1 Å². The Kier molecular flexibility index (Phi) is 5.54. The van der Waals surface area contributed by atoms with Crippen LogP contribution in [0.25, 0.3) is 11.1 Å². The molecule has 7 nitrogen and oxygen atoms in total. The lowest BCUT2D eigenvalue weighted by molar-refractivity contribution is -0.386. The molecule has 3 aromatic rings. The van der Waals surface area contributed by atoms with Crippen LogP contribution in [0.2, 0.25) is 0 Å². The number of carbonyl (C=O) groups is 1. The Hall–Kier alpha value is -3.48. The predicted molar refractivity (Wildman–Crippen MR) is 107 cm³/mol. The van der Waals surface area contributed by atoms with E-state index in [9.17, 15) is 14.9 Å². The molecule has 1 heterocycles. The van der Waals surface area contributed by atoms with Crippen LogP contribution in [-0.2, 0) is 11.3 Å². The topological polar surface area (TPSA) is 90.1 Å². The highest BCUT2D eigenvalue weighted by atomic mass is 16.6. The lowest BCUT2D eigenvalue weighted by Crippen LogP contribution is -2.30. The molecule has 0 aliphatic heterocycles. The zero-order valence-electron chi connectivity index (χ0n) is 16.0. The smallest absolute Gasteiger partial charge is 0.312 e. The van der Waals surface area contributed by atoms with Crippen molar-refractivity contribution in [2.24, 2.45) is 0 Å². The van der Waals surface area contributed by atoms with Crippen molar-refractivity contribution in [3.63, 3.8) is 0 Å². The van der Waals surface area contributed by atoms with E-state index in [0.717, 1.165) is 16.7 Å². The van der Waals surface area contributed by atoms with Crippen LogP contribution in [-0.4, -0.2) is 20.6 Å². The van der Waals surface area contributed by atoms with Crippen LogP contribution < -0.4 is 5.32 Å². The summed E-state index contributed by atoms with van der Waals surface area (Å²) >= 11 is 0. The first-order chi connectivity index (χ1) is 13.4. The number of nitrogens with zero attached hydrogens (tertiary/aromatic N) is 3. The second-order valence-electron chi connectivity index (χ2n) is 6.71. The van der Waals surface area contributed by atoms with Gasteiger partial charge in [-0.25, -0.2) is 0 Å². The number of aryl methyl sites for hydroxylation is 1. The van der Waals surface area contributed by atoms with Crippen molar-refractivity contribution in [2.75, 3.05) is 0 Å². The Labute approximate surface area is 163 Å². The van der Waals surface area contributed by atoms with Gasteiger partial charge in [-0.2, -0.15) is 5.10 Å². The van der Waals surface area contributed by atoms with Crippen molar-refractivity contribution in [1.29, 1.82) is 0 Å². The second-order valence-corrected chi connectivity index (χ2v) is 6.71. The minimum atomic E-state index is -0.469. The molecule has 7 heteroatoms. The quantitative estimate of drug-likeness (QED) is 0.519. The molecule has 0 saturated carbocycles. The van der Waals surface area contributed by atoms with E-state index >= 15 is 0 Å². The van der Waals surface area contributed by atoms with Gasteiger partial charge in [0.1, 0.15) is 17.9 Å². The van der Waals surface area contributed by atoms with E-state index in [1.807, 2.05) is 61.5 Å². The molecule has 3 rings (SSSR count). The van der Waals surface area contributed by atoms with E-state index in [1.54, 1.807) is 13.8 Å². The molecule has 28 heavy (non-hydrogen) atoms. The van der Waals surface area contributed by atoms with Crippen LogP contribution in [0.15, 0.2) is 54.6 Å². The molecule has 0 bridgehead atoms. The van der Waals surface area contributed by atoms with Gasteiger partial charge in [-0.15, -0.1) is 0 Å². The van der Waals surface area contributed by atoms with E-state index < -0.39 is 4.92 Å². The summed E-state index contributed by atoms with van der Waals surface area (Å²) in [6.07, 6.45) is 0. The molecule has 144 valence electrons. The fourth-order valence-electron chi connectivity index (χ4n) is 3.21. The van der Waals surface area contributed by atoms with Crippen LogP contribution in [0.3, 0.4) is 0 Å². The van der Waals surface area contributed by atoms with Crippen LogP contribution >= 0.6 is 0 Å². The Morgan fingerprint density at radius 2 is 1.71 bits per heavy atom. The molecule has 2 aromatic carbocycles. The zero-order valence-corrected chi connectivity index (χ0v) is 16.0. The number of hydrogen-bond acceptors (Lipinski definition) is 4. The molecule has 0 fully saturated rings. The maximum atomic E-state index is 12.4. The van der Waals surface area contributed by atoms with E-state index in [2.05, 4.69) is 10.4 Å². The van der Waals surface area contributed by atoms with E-state index in [0.29, 0.717) is 11.4 Å². The lowest BCUT2D eigenvalue weighted by atomic mass is 10.0. The first-order valence-corrected chi connectivity index (χ1v) is 9.00. The van der Waals surface area contributed by atoms with Crippen molar-refractivity contribution in [2.45, 2.75) is 33.4 Å². The minimum Gasteiger partial charge on any atom is -0.348 e. The summed E-state index contributed by atoms with van der Waals surface area (Å²) in [5.74, 6) is -0.250. The number of nitrogens with one attached hydrogen (secondary N) is 1. The van der Waals surface area contributed by atoms with Crippen molar-refractivity contribution >= 4 is 11.6 Å². The first kappa shape index (κ1) is 19.3. The van der Waals surface area contributed by atoms with Gasteiger partial charge in [-0.3, -0.25) is 19.6 Å². The molecule has 0 saturated heterocycles.